The summed E-state index contributed by atoms with van der Waals surface area (Å²) in [6.07, 6.45) is 0. The van der Waals surface area contributed by atoms with Crippen molar-refractivity contribution in [3.8, 4) is 0 Å². The molecular weight excluding hydrogens is 1390 g/mol. The van der Waals surface area contributed by atoms with E-state index < -0.39 is 103 Å². The number of rotatable bonds is 0. The van der Waals surface area contributed by atoms with Crippen molar-refractivity contribution in [2.75, 3.05) is 119 Å². The summed E-state index contributed by atoms with van der Waals surface area (Å²) in [7, 11) is 0. The van der Waals surface area contributed by atoms with Crippen LogP contribution in [0.3, 0.4) is 0 Å². The van der Waals surface area contributed by atoms with E-state index in [-0.39, 0.29) is 152 Å². The Hall–Kier alpha value is -8.34. The Labute approximate surface area is 628 Å². The van der Waals surface area contributed by atoms with Crippen LogP contribution in [-0.2, 0) is 120 Å². The Balaban J connectivity index is 0.643. The zero-order chi connectivity index (χ0) is 76.8. The van der Waals surface area contributed by atoms with Gasteiger partial charge in [-0.05, 0) is 96.1 Å². The third-order valence-electron chi connectivity index (χ3n) is 21.5. The minimum Gasteiger partial charge on any atom is -0.461 e. The third kappa shape index (κ3) is 17.0. The Morgan fingerprint density at radius 3 is 0.426 bits per heavy atom. The second kappa shape index (κ2) is 29.8. The van der Waals surface area contributed by atoms with Gasteiger partial charge in [-0.1, -0.05) is 133 Å². The van der Waals surface area contributed by atoms with Gasteiger partial charge in [-0.15, -0.1) is 0 Å². The molecule has 0 radical (unpaired) electrons. The topological polar surface area (TPSA) is 269 Å². The predicted molar refractivity (Wildman–Crippen MR) is 385 cm³/mol. The van der Waals surface area contributed by atoms with Crippen molar-refractivity contribution in [3.05, 3.63) is 212 Å². The number of benzene rings is 6. The van der Waals surface area contributed by atoms with E-state index in [1.165, 1.54) is 18.2 Å². The molecule has 16 aliphatic heterocycles. The highest BCUT2D eigenvalue weighted by Gasteiger charge is 2.49. The zero-order valence-electron chi connectivity index (χ0n) is 63.4. The lowest BCUT2D eigenvalue weighted by molar-refractivity contribution is -0.306. The third-order valence-corrected chi connectivity index (χ3v) is 21.5. The first-order valence-corrected chi connectivity index (χ1v) is 36.4. The highest BCUT2D eigenvalue weighted by atomic mass is 16.7. The molecule has 22 rings (SSSR count). The summed E-state index contributed by atoms with van der Waals surface area (Å²) in [6.45, 7) is 24.5. The molecular formula is C84H96O24. The molecule has 576 valence electrons. The lowest BCUT2D eigenvalue weighted by atomic mass is 9.90. The monoisotopic (exact) mass is 1490 g/mol. The van der Waals surface area contributed by atoms with Crippen LogP contribution in [0, 0.1) is 32.5 Å². The lowest BCUT2D eigenvalue weighted by Crippen LogP contribution is -2.48. The normalized spacial score (nSPS) is 35.1. The summed E-state index contributed by atoms with van der Waals surface area (Å²) >= 11 is 0. The highest BCUT2D eigenvalue weighted by Crippen LogP contribution is 2.45. The average Bonchev–Trinajstić information content (AvgIpc) is 0.782. The predicted octanol–water partition coefficient (Wildman–Crippen LogP) is 12.5. The van der Waals surface area contributed by atoms with Gasteiger partial charge < -0.3 is 85.3 Å². The van der Waals surface area contributed by atoms with Gasteiger partial charge in [0.2, 0.25) is 0 Å². The number of esters is 6. The molecule has 0 aliphatic carbocycles. The average molecular weight is 1490 g/mol. The smallest absolute Gasteiger partial charge is 0.338 e. The summed E-state index contributed by atoms with van der Waals surface area (Å²) in [4.78, 5) is 81.3. The van der Waals surface area contributed by atoms with Crippen molar-refractivity contribution in [3.63, 3.8) is 0 Å². The molecule has 6 aromatic rings. The van der Waals surface area contributed by atoms with E-state index in [2.05, 4.69) is 0 Å². The molecule has 108 heavy (non-hydrogen) atoms. The van der Waals surface area contributed by atoms with Gasteiger partial charge in [0.05, 0.1) is 113 Å². The van der Waals surface area contributed by atoms with Crippen molar-refractivity contribution >= 4 is 35.8 Å². The first kappa shape index (κ1) is 77.8. The minimum atomic E-state index is -1.13. The standard InChI is InChI=1S/C84H96O24/c1-73-37-91-67(85)55-16-13-17-56(34-55)68(86)92-38-74(2)47-101-81(9,102-48-74)63-26-28-64(29-27-63)82(10)103-49-77(5,50-104-82)41-95-71(89)59-20-15-21-60(36-59)72(90)96-42-78(6)53-107-84(12,108-54-78)66-32-30-65(31-33-66)83(11)105-51-76(4,52-106-83)40-94-70(88)58-19-14-18-57(35-58)69(87)93-39-75(3)45-99-80(8,100-46-75)62-24-22-61(23-25-62)79(7,97-43-73)98-44-73/h13-36H,37-54H2,1-12H3. The molecule has 0 atom stereocenters. The van der Waals surface area contributed by atoms with E-state index in [1.54, 1.807) is 54.6 Å². The molecule has 16 aliphatic rings. The van der Waals surface area contributed by atoms with Crippen LogP contribution < -0.4 is 0 Å². The van der Waals surface area contributed by atoms with Gasteiger partial charge in [-0.3, -0.25) is 0 Å². The van der Waals surface area contributed by atoms with E-state index >= 15 is 0 Å². The molecule has 16 heterocycles. The van der Waals surface area contributed by atoms with Crippen LogP contribution in [0.1, 0.15) is 179 Å². The van der Waals surface area contributed by atoms with E-state index in [0.717, 1.165) is 33.4 Å². The van der Waals surface area contributed by atoms with E-state index in [4.69, 9.17) is 85.3 Å². The molecule has 6 fully saturated rings. The van der Waals surface area contributed by atoms with Gasteiger partial charge in [0.15, 0.2) is 34.7 Å². The molecule has 24 nitrogen and oxygen atoms in total. The van der Waals surface area contributed by atoms with Crippen LogP contribution in [-0.4, -0.2) is 155 Å². The number of ether oxygens (including phenoxy) is 18. The van der Waals surface area contributed by atoms with Crippen LogP contribution in [0.15, 0.2) is 146 Å². The van der Waals surface area contributed by atoms with E-state index in [1.807, 2.05) is 156 Å². The fourth-order valence-corrected chi connectivity index (χ4v) is 13.2. The maximum Gasteiger partial charge on any atom is 0.338 e. The molecule has 24 bridgehead atoms. The van der Waals surface area contributed by atoms with Gasteiger partial charge >= 0.3 is 35.8 Å². The zero-order valence-corrected chi connectivity index (χ0v) is 63.4. The Bertz CT molecular complexity index is 3590. The van der Waals surface area contributed by atoms with Crippen molar-refractivity contribution in [1.82, 2.24) is 0 Å². The maximum atomic E-state index is 13.6. The molecule has 0 amide bonds. The van der Waals surface area contributed by atoms with Gasteiger partial charge in [-0.2, -0.15) is 0 Å². The summed E-state index contributed by atoms with van der Waals surface area (Å²) in [5, 5.41) is 0. The molecule has 0 aromatic heterocycles. The van der Waals surface area contributed by atoms with Gasteiger partial charge in [0.25, 0.3) is 0 Å². The van der Waals surface area contributed by atoms with E-state index in [9.17, 15) is 28.8 Å². The van der Waals surface area contributed by atoms with Crippen LogP contribution in [0.4, 0.5) is 0 Å². The second-order valence-corrected chi connectivity index (χ2v) is 32.9. The van der Waals surface area contributed by atoms with E-state index in [0.29, 0.717) is 0 Å². The van der Waals surface area contributed by atoms with Gasteiger partial charge in [-0.25, -0.2) is 28.8 Å². The van der Waals surface area contributed by atoms with Crippen LogP contribution in [0.25, 0.3) is 0 Å². The van der Waals surface area contributed by atoms with Crippen molar-refractivity contribution in [2.24, 2.45) is 32.5 Å². The van der Waals surface area contributed by atoms with Crippen LogP contribution in [0.5, 0.6) is 0 Å². The Morgan fingerprint density at radius 1 is 0.185 bits per heavy atom. The summed E-state index contributed by atoms with van der Waals surface area (Å²) in [6, 6.07) is 41.1. The first-order chi connectivity index (χ1) is 51.1. The molecule has 0 saturated carbocycles. The minimum absolute atomic E-state index is 0.0322. The quantitative estimate of drug-likeness (QED) is 0.101. The molecule has 0 N–H and O–H groups in total. The number of hydrogen-bond acceptors (Lipinski definition) is 24. The largest absolute Gasteiger partial charge is 0.461 e. The molecule has 6 saturated heterocycles. The van der Waals surface area contributed by atoms with Gasteiger partial charge in [0, 0.05) is 65.9 Å². The second-order valence-electron chi connectivity index (χ2n) is 32.9. The number of carbonyl (C=O) groups is 6. The fourth-order valence-electron chi connectivity index (χ4n) is 13.2. The Morgan fingerprint density at radius 2 is 0.306 bits per heavy atom. The summed E-state index contributed by atoms with van der Waals surface area (Å²) < 4.78 is 112. The summed E-state index contributed by atoms with van der Waals surface area (Å²) in [5.74, 6) is -10.6. The van der Waals surface area contributed by atoms with Crippen LogP contribution in [0.2, 0.25) is 0 Å². The Kier molecular flexibility index (Phi) is 21.5. The number of fused-ring (bicyclic) bond motifs is 9. The lowest BCUT2D eigenvalue weighted by Gasteiger charge is -2.44. The molecule has 0 unspecified atom stereocenters. The number of carbonyl (C=O) groups excluding carboxylic acids is 6. The van der Waals surface area contributed by atoms with Crippen LogP contribution >= 0.6 is 0 Å². The highest BCUT2D eigenvalue weighted by molar-refractivity contribution is 5.97. The van der Waals surface area contributed by atoms with Gasteiger partial charge in [0.1, 0.15) is 39.6 Å². The summed E-state index contributed by atoms with van der Waals surface area (Å²) in [5.41, 5.74) is 1.16. The molecule has 24 heteroatoms. The molecule has 6 aromatic carbocycles. The SMILES string of the molecule is CC12COC(=O)c3cccc(c3)C(=O)OCC3(C)COC(C)(OC3)c3ccc(cc3)C3(C)OCC(C)(COC(=O)c4cccc(c4)C(=O)OCC4(C)COC(C)(OC4)c4ccc(cc4)C4(C)OCC(C)(COC(=O)c5cccc(c5)C(=O)OCC5(C)COC(C)(OC5)c5ccc(cc5)C(C)(OC1)OC2)CO4)CO3. The molecule has 0 spiro atoms. The van der Waals surface area contributed by atoms with Crippen molar-refractivity contribution < 1.29 is 114 Å². The van der Waals surface area contributed by atoms with Crippen molar-refractivity contribution in [2.45, 2.75) is 118 Å². The number of hydrogen-bond donors (Lipinski definition) is 0. The fraction of sp³-hybridized carbons (Fsp3) is 0.500. The van der Waals surface area contributed by atoms with Crippen molar-refractivity contribution in [1.29, 1.82) is 0 Å². The first-order valence-electron chi connectivity index (χ1n) is 36.4. The maximum absolute atomic E-state index is 13.6.